The largest absolute Gasteiger partial charge is 0.507 e. The lowest BCUT2D eigenvalue weighted by Gasteiger charge is -2.27. The standard InChI is InChI=1S/C26H22FNO4/c1-15-7-6-8-18(13-15)28-23(19-9-4-5-10-21(19)32-3)22(25(30)26(28)31)24(29)17-11-12-20(27)16(2)14-17/h4-14,23,29H,1-3H3/b24-22+. The average molecular weight is 431 g/mol. The smallest absolute Gasteiger partial charge is 0.300 e. The predicted octanol–water partition coefficient (Wildman–Crippen LogP) is 5.08. The van der Waals surface area contributed by atoms with Crippen molar-refractivity contribution < 1.29 is 23.8 Å². The zero-order valence-electron chi connectivity index (χ0n) is 17.9. The summed E-state index contributed by atoms with van der Waals surface area (Å²) in [6.45, 7) is 3.45. The molecule has 1 aliphatic heterocycles. The number of para-hydroxylation sites is 1. The molecule has 6 heteroatoms. The number of ether oxygens (including phenoxy) is 1. The Kier molecular flexibility index (Phi) is 5.53. The maximum Gasteiger partial charge on any atom is 0.300 e. The van der Waals surface area contributed by atoms with Crippen LogP contribution in [0.25, 0.3) is 5.76 Å². The Hall–Kier alpha value is -3.93. The molecule has 32 heavy (non-hydrogen) atoms. The SMILES string of the molecule is COc1ccccc1C1/C(=C(\O)c2ccc(F)c(C)c2)C(=O)C(=O)N1c1cccc(C)c1. The van der Waals surface area contributed by atoms with Crippen molar-refractivity contribution in [1.29, 1.82) is 0 Å². The van der Waals surface area contributed by atoms with Gasteiger partial charge in [-0.3, -0.25) is 14.5 Å². The van der Waals surface area contributed by atoms with E-state index in [1.807, 2.05) is 13.0 Å². The highest BCUT2D eigenvalue weighted by Gasteiger charge is 2.47. The third-order valence-electron chi connectivity index (χ3n) is 5.59. The van der Waals surface area contributed by atoms with Gasteiger partial charge in [0.2, 0.25) is 0 Å². The van der Waals surface area contributed by atoms with E-state index in [2.05, 4.69) is 0 Å². The number of aliphatic hydroxyl groups excluding tert-OH is 1. The summed E-state index contributed by atoms with van der Waals surface area (Å²) < 4.78 is 19.3. The van der Waals surface area contributed by atoms with Gasteiger partial charge in [0.15, 0.2) is 0 Å². The molecule has 1 heterocycles. The predicted molar refractivity (Wildman–Crippen MR) is 120 cm³/mol. The summed E-state index contributed by atoms with van der Waals surface area (Å²) in [7, 11) is 1.50. The zero-order chi connectivity index (χ0) is 23.0. The van der Waals surface area contributed by atoms with E-state index in [-0.39, 0.29) is 16.9 Å². The fourth-order valence-corrected chi connectivity index (χ4v) is 4.01. The van der Waals surface area contributed by atoms with Gasteiger partial charge in [0.1, 0.15) is 17.3 Å². The molecule has 3 aromatic carbocycles. The fraction of sp³-hybridized carbons (Fsp3) is 0.154. The van der Waals surface area contributed by atoms with E-state index in [1.165, 1.54) is 30.2 Å². The lowest BCUT2D eigenvalue weighted by atomic mass is 9.94. The van der Waals surface area contributed by atoms with E-state index in [0.29, 0.717) is 22.6 Å². The molecule has 1 amide bonds. The van der Waals surface area contributed by atoms with Crippen LogP contribution >= 0.6 is 0 Å². The van der Waals surface area contributed by atoms with Crippen LogP contribution in [-0.4, -0.2) is 23.9 Å². The number of carbonyl (C=O) groups excluding carboxylic acids is 2. The van der Waals surface area contributed by atoms with E-state index in [4.69, 9.17) is 4.74 Å². The van der Waals surface area contributed by atoms with Gasteiger partial charge >= 0.3 is 0 Å². The molecular formula is C26H22FNO4. The number of Topliss-reactive ketones (excluding diaryl/α,β-unsaturated/α-hetero) is 1. The number of benzene rings is 3. The molecule has 0 radical (unpaired) electrons. The second kappa shape index (κ2) is 8.30. The Balaban J connectivity index is 2.00. The lowest BCUT2D eigenvalue weighted by Crippen LogP contribution is -2.29. The number of hydrogen-bond donors (Lipinski definition) is 1. The first kappa shape index (κ1) is 21.3. The Morgan fingerprint density at radius 3 is 2.44 bits per heavy atom. The highest BCUT2D eigenvalue weighted by molar-refractivity contribution is 6.51. The molecule has 0 aromatic heterocycles. The van der Waals surface area contributed by atoms with Gasteiger partial charge in [-0.1, -0.05) is 30.3 Å². The fourth-order valence-electron chi connectivity index (χ4n) is 4.01. The van der Waals surface area contributed by atoms with Gasteiger partial charge in [-0.25, -0.2) is 4.39 Å². The molecule has 1 N–H and O–H groups in total. The first-order chi connectivity index (χ1) is 15.3. The number of methoxy groups -OCH3 is 1. The third-order valence-corrected chi connectivity index (χ3v) is 5.59. The van der Waals surface area contributed by atoms with Crippen molar-refractivity contribution in [3.63, 3.8) is 0 Å². The molecule has 0 bridgehead atoms. The monoisotopic (exact) mass is 431 g/mol. The van der Waals surface area contributed by atoms with Crippen LogP contribution in [0.2, 0.25) is 0 Å². The average Bonchev–Trinajstić information content (AvgIpc) is 3.05. The molecular weight excluding hydrogens is 409 g/mol. The summed E-state index contributed by atoms with van der Waals surface area (Å²) in [6, 6.07) is 17.4. The first-order valence-electron chi connectivity index (χ1n) is 10.1. The highest BCUT2D eigenvalue weighted by atomic mass is 19.1. The number of nitrogens with zero attached hydrogens (tertiary/aromatic N) is 1. The number of carbonyl (C=O) groups is 2. The van der Waals surface area contributed by atoms with Crippen LogP contribution in [0.1, 0.15) is 28.3 Å². The molecule has 162 valence electrons. The molecule has 1 unspecified atom stereocenters. The van der Waals surface area contributed by atoms with Crippen LogP contribution in [-0.2, 0) is 9.59 Å². The number of halogens is 1. The molecule has 1 aliphatic rings. The third kappa shape index (κ3) is 3.54. The number of aryl methyl sites for hydroxylation is 2. The minimum atomic E-state index is -0.918. The number of aliphatic hydroxyl groups is 1. The molecule has 1 fully saturated rings. The minimum absolute atomic E-state index is 0.0768. The Morgan fingerprint density at radius 2 is 1.75 bits per heavy atom. The number of rotatable bonds is 4. The van der Waals surface area contributed by atoms with E-state index in [1.54, 1.807) is 49.4 Å². The van der Waals surface area contributed by atoms with Crippen LogP contribution < -0.4 is 9.64 Å². The highest BCUT2D eigenvalue weighted by Crippen LogP contribution is 2.45. The molecule has 0 saturated carbocycles. The number of amides is 1. The first-order valence-corrected chi connectivity index (χ1v) is 10.1. The minimum Gasteiger partial charge on any atom is -0.507 e. The molecule has 1 atom stereocenters. The van der Waals surface area contributed by atoms with Crippen molar-refractivity contribution in [2.45, 2.75) is 19.9 Å². The van der Waals surface area contributed by atoms with Gasteiger partial charge < -0.3 is 9.84 Å². The van der Waals surface area contributed by atoms with Crippen molar-refractivity contribution in [2.75, 3.05) is 12.0 Å². The van der Waals surface area contributed by atoms with Gasteiger partial charge in [-0.2, -0.15) is 0 Å². The summed E-state index contributed by atoms with van der Waals surface area (Å²) in [5.74, 6) is -1.90. The van der Waals surface area contributed by atoms with Crippen LogP contribution in [0.3, 0.4) is 0 Å². The van der Waals surface area contributed by atoms with Crippen LogP contribution in [0.5, 0.6) is 5.75 Å². The number of hydrogen-bond acceptors (Lipinski definition) is 4. The molecule has 0 aliphatic carbocycles. The van der Waals surface area contributed by atoms with Gasteiger partial charge in [0, 0.05) is 16.8 Å². The summed E-state index contributed by atoms with van der Waals surface area (Å²) >= 11 is 0. The normalized spacial score (nSPS) is 17.6. The second-order valence-electron chi connectivity index (χ2n) is 7.71. The summed E-state index contributed by atoms with van der Waals surface area (Å²) in [5, 5.41) is 11.2. The van der Waals surface area contributed by atoms with Crippen LogP contribution in [0.4, 0.5) is 10.1 Å². The molecule has 3 aromatic rings. The molecule has 1 saturated heterocycles. The number of anilines is 1. The Labute approximate surface area is 185 Å². The summed E-state index contributed by atoms with van der Waals surface area (Å²) in [4.78, 5) is 27.8. The molecule has 4 rings (SSSR count). The maximum atomic E-state index is 13.8. The van der Waals surface area contributed by atoms with E-state index >= 15 is 0 Å². The van der Waals surface area contributed by atoms with Crippen molar-refractivity contribution in [1.82, 2.24) is 0 Å². The van der Waals surface area contributed by atoms with E-state index in [9.17, 15) is 19.1 Å². The van der Waals surface area contributed by atoms with E-state index in [0.717, 1.165) is 5.56 Å². The quantitative estimate of drug-likeness (QED) is 0.356. The Morgan fingerprint density at radius 1 is 1.00 bits per heavy atom. The van der Waals surface area contributed by atoms with Gasteiger partial charge in [-0.05, 0) is 61.4 Å². The van der Waals surface area contributed by atoms with Crippen molar-refractivity contribution in [3.05, 3.63) is 100 Å². The lowest BCUT2D eigenvalue weighted by molar-refractivity contribution is -0.132. The summed E-state index contributed by atoms with van der Waals surface area (Å²) in [5.41, 5.74) is 2.49. The number of ketones is 1. The topological polar surface area (TPSA) is 66.8 Å². The maximum absolute atomic E-state index is 13.8. The molecule has 0 spiro atoms. The molecule has 5 nitrogen and oxygen atoms in total. The van der Waals surface area contributed by atoms with Crippen LogP contribution in [0, 0.1) is 19.7 Å². The van der Waals surface area contributed by atoms with Crippen LogP contribution in [0.15, 0.2) is 72.3 Å². The van der Waals surface area contributed by atoms with Crippen molar-refractivity contribution in [2.24, 2.45) is 0 Å². The van der Waals surface area contributed by atoms with Crippen molar-refractivity contribution >= 4 is 23.1 Å². The zero-order valence-corrected chi connectivity index (χ0v) is 17.9. The Bertz CT molecular complexity index is 1260. The van der Waals surface area contributed by atoms with Gasteiger partial charge in [0.05, 0.1) is 18.7 Å². The second-order valence-corrected chi connectivity index (χ2v) is 7.71. The van der Waals surface area contributed by atoms with E-state index < -0.39 is 23.5 Å². The summed E-state index contributed by atoms with van der Waals surface area (Å²) in [6.07, 6.45) is 0. The van der Waals surface area contributed by atoms with Crippen molar-refractivity contribution in [3.8, 4) is 5.75 Å². The van der Waals surface area contributed by atoms with Gasteiger partial charge in [0.25, 0.3) is 11.7 Å². The van der Waals surface area contributed by atoms with Gasteiger partial charge in [-0.15, -0.1) is 0 Å².